The lowest BCUT2D eigenvalue weighted by Gasteiger charge is -2.33. The van der Waals surface area contributed by atoms with Gasteiger partial charge in [0.15, 0.2) is 0 Å². The van der Waals surface area contributed by atoms with Crippen LogP contribution in [0.5, 0.6) is 5.75 Å². The van der Waals surface area contributed by atoms with Gasteiger partial charge in [0.1, 0.15) is 11.4 Å². The second-order valence-electron chi connectivity index (χ2n) is 4.90. The third kappa shape index (κ3) is 2.47. The number of hydrogen-bond donors (Lipinski definition) is 2. The van der Waals surface area contributed by atoms with Gasteiger partial charge < -0.3 is 15.4 Å². The molecule has 3 nitrogen and oxygen atoms in total. The maximum absolute atomic E-state index is 5.90. The van der Waals surface area contributed by atoms with Crippen LogP contribution in [0.4, 0.5) is 5.69 Å². The summed E-state index contributed by atoms with van der Waals surface area (Å²) in [7, 11) is 1.97. The number of rotatable bonds is 3. The summed E-state index contributed by atoms with van der Waals surface area (Å²) in [5.41, 5.74) is 2.34. The first-order valence-corrected chi connectivity index (χ1v) is 5.81. The number of anilines is 1. The molecule has 0 aliphatic carbocycles. The molecule has 0 atom stereocenters. The maximum atomic E-state index is 5.90. The summed E-state index contributed by atoms with van der Waals surface area (Å²) < 4.78 is 5.90. The van der Waals surface area contributed by atoms with Gasteiger partial charge in [-0.3, -0.25) is 0 Å². The Morgan fingerprint density at radius 1 is 1.44 bits per heavy atom. The molecule has 0 unspecified atom stereocenters. The summed E-state index contributed by atoms with van der Waals surface area (Å²) in [5, 5.41) is 6.58. The van der Waals surface area contributed by atoms with E-state index in [4.69, 9.17) is 4.74 Å². The van der Waals surface area contributed by atoms with Crippen molar-refractivity contribution in [2.45, 2.75) is 25.9 Å². The molecule has 88 valence electrons. The van der Waals surface area contributed by atoms with E-state index in [-0.39, 0.29) is 5.60 Å². The van der Waals surface area contributed by atoms with Crippen LogP contribution in [0.15, 0.2) is 18.2 Å². The number of benzene rings is 1. The smallest absolute Gasteiger partial charge is 0.143 e. The van der Waals surface area contributed by atoms with Crippen molar-refractivity contribution in [2.24, 2.45) is 0 Å². The molecule has 1 aromatic carbocycles. The predicted molar refractivity (Wildman–Crippen MR) is 67.3 cm³/mol. The second-order valence-corrected chi connectivity index (χ2v) is 4.90. The molecule has 0 aromatic heterocycles. The molecule has 0 saturated carbocycles. The fourth-order valence-corrected chi connectivity index (χ4v) is 1.87. The summed E-state index contributed by atoms with van der Waals surface area (Å²) in [6.45, 7) is 6.05. The molecule has 1 heterocycles. The predicted octanol–water partition coefficient (Wildman–Crippen LogP) is 2.03. The van der Waals surface area contributed by atoms with Crippen molar-refractivity contribution in [3.05, 3.63) is 23.8 Å². The summed E-state index contributed by atoms with van der Waals surface area (Å²) in [6, 6.07) is 6.38. The van der Waals surface area contributed by atoms with Gasteiger partial charge in [0, 0.05) is 0 Å². The summed E-state index contributed by atoms with van der Waals surface area (Å²) in [6.07, 6.45) is 1.05. The zero-order valence-electron chi connectivity index (χ0n) is 10.3. The lowest BCUT2D eigenvalue weighted by atomic mass is 10.1. The summed E-state index contributed by atoms with van der Waals surface area (Å²) in [4.78, 5) is 0. The highest BCUT2D eigenvalue weighted by molar-refractivity contribution is 5.60. The monoisotopic (exact) mass is 220 g/mol. The number of hydrogen-bond acceptors (Lipinski definition) is 3. The zero-order chi connectivity index (χ0) is 11.6. The largest absolute Gasteiger partial charge is 0.484 e. The third-order valence-electron chi connectivity index (χ3n) is 2.80. The van der Waals surface area contributed by atoms with Gasteiger partial charge in [-0.1, -0.05) is 6.07 Å². The minimum atomic E-state index is -0.112. The van der Waals surface area contributed by atoms with Crippen LogP contribution >= 0.6 is 0 Å². The first-order valence-electron chi connectivity index (χ1n) is 5.81. The molecule has 1 aromatic rings. The van der Waals surface area contributed by atoms with Crippen molar-refractivity contribution in [1.82, 2.24) is 5.32 Å². The molecule has 0 saturated heterocycles. The Bertz CT molecular complexity index is 374. The number of ether oxygens (including phenoxy) is 1. The van der Waals surface area contributed by atoms with Crippen LogP contribution in [0.2, 0.25) is 0 Å². The molecule has 0 fully saturated rings. The van der Waals surface area contributed by atoms with Gasteiger partial charge in [-0.05, 0) is 51.6 Å². The van der Waals surface area contributed by atoms with Gasteiger partial charge in [0.05, 0.1) is 12.2 Å². The van der Waals surface area contributed by atoms with Crippen LogP contribution < -0.4 is 15.4 Å². The van der Waals surface area contributed by atoms with Gasteiger partial charge in [0.25, 0.3) is 0 Å². The van der Waals surface area contributed by atoms with Gasteiger partial charge in [-0.2, -0.15) is 0 Å². The average Bonchev–Trinajstić information content (AvgIpc) is 2.25. The highest BCUT2D eigenvalue weighted by atomic mass is 16.5. The van der Waals surface area contributed by atoms with E-state index in [1.165, 1.54) is 5.56 Å². The van der Waals surface area contributed by atoms with Crippen LogP contribution in [-0.4, -0.2) is 25.7 Å². The van der Waals surface area contributed by atoms with Crippen molar-refractivity contribution in [1.29, 1.82) is 0 Å². The highest BCUT2D eigenvalue weighted by Gasteiger charge is 2.25. The molecule has 2 rings (SSSR count). The lowest BCUT2D eigenvalue weighted by Crippen LogP contribution is -2.40. The van der Waals surface area contributed by atoms with Crippen molar-refractivity contribution in [2.75, 3.05) is 25.5 Å². The SMILES string of the molecule is CNCCc1ccc2c(c1)NCC(C)(C)O2. The number of likely N-dealkylation sites (N-methyl/N-ethyl adjacent to an activating group) is 1. The molecule has 16 heavy (non-hydrogen) atoms. The fourth-order valence-electron chi connectivity index (χ4n) is 1.87. The minimum Gasteiger partial charge on any atom is -0.484 e. The molecular formula is C13H20N2O. The van der Waals surface area contributed by atoms with E-state index >= 15 is 0 Å². The Labute approximate surface area is 97.2 Å². The summed E-state index contributed by atoms with van der Waals surface area (Å²) >= 11 is 0. The van der Waals surface area contributed by atoms with Crippen LogP contribution in [0.25, 0.3) is 0 Å². The average molecular weight is 220 g/mol. The minimum absolute atomic E-state index is 0.112. The zero-order valence-corrected chi connectivity index (χ0v) is 10.3. The number of nitrogens with one attached hydrogen (secondary N) is 2. The van der Waals surface area contributed by atoms with E-state index < -0.39 is 0 Å². The molecule has 0 bridgehead atoms. The van der Waals surface area contributed by atoms with Crippen molar-refractivity contribution < 1.29 is 4.74 Å². The highest BCUT2D eigenvalue weighted by Crippen LogP contribution is 2.33. The number of fused-ring (bicyclic) bond motifs is 1. The van der Waals surface area contributed by atoms with Crippen LogP contribution in [0.1, 0.15) is 19.4 Å². The Morgan fingerprint density at radius 3 is 3.00 bits per heavy atom. The van der Waals surface area contributed by atoms with Crippen LogP contribution in [0, 0.1) is 0 Å². The Morgan fingerprint density at radius 2 is 2.25 bits per heavy atom. The maximum Gasteiger partial charge on any atom is 0.143 e. The Hall–Kier alpha value is -1.22. The molecule has 0 spiro atoms. The van der Waals surface area contributed by atoms with E-state index in [0.717, 1.165) is 30.9 Å². The molecule has 2 N–H and O–H groups in total. The third-order valence-corrected chi connectivity index (χ3v) is 2.80. The first kappa shape index (κ1) is 11.3. The Kier molecular flexibility index (Phi) is 3.06. The molecule has 0 amide bonds. The van der Waals surface area contributed by atoms with E-state index in [1.54, 1.807) is 0 Å². The summed E-state index contributed by atoms with van der Waals surface area (Å²) in [5.74, 6) is 0.962. The van der Waals surface area contributed by atoms with Crippen LogP contribution in [0.3, 0.4) is 0 Å². The quantitative estimate of drug-likeness (QED) is 0.817. The van der Waals surface area contributed by atoms with Gasteiger partial charge in [0.2, 0.25) is 0 Å². The molecular weight excluding hydrogens is 200 g/mol. The van der Waals surface area contributed by atoms with Gasteiger partial charge in [-0.15, -0.1) is 0 Å². The van der Waals surface area contributed by atoms with Crippen molar-refractivity contribution in [3.63, 3.8) is 0 Å². The van der Waals surface area contributed by atoms with Crippen molar-refractivity contribution in [3.8, 4) is 5.75 Å². The van der Waals surface area contributed by atoms with Crippen LogP contribution in [-0.2, 0) is 6.42 Å². The lowest BCUT2D eigenvalue weighted by molar-refractivity contribution is 0.116. The van der Waals surface area contributed by atoms with E-state index in [9.17, 15) is 0 Å². The van der Waals surface area contributed by atoms with E-state index in [1.807, 2.05) is 7.05 Å². The standard InChI is InChI=1S/C13H20N2O/c1-13(2)9-15-11-8-10(6-7-14-3)4-5-12(11)16-13/h4-5,8,14-15H,6-7,9H2,1-3H3. The Balaban J connectivity index is 2.15. The van der Waals surface area contributed by atoms with E-state index in [0.29, 0.717) is 0 Å². The fraction of sp³-hybridized carbons (Fsp3) is 0.538. The normalized spacial score (nSPS) is 17.2. The molecule has 0 radical (unpaired) electrons. The van der Waals surface area contributed by atoms with E-state index in [2.05, 4.69) is 42.7 Å². The van der Waals surface area contributed by atoms with Gasteiger partial charge >= 0.3 is 0 Å². The van der Waals surface area contributed by atoms with Gasteiger partial charge in [-0.25, -0.2) is 0 Å². The molecule has 1 aliphatic rings. The topological polar surface area (TPSA) is 33.3 Å². The molecule has 3 heteroatoms. The van der Waals surface area contributed by atoms with Crippen molar-refractivity contribution >= 4 is 5.69 Å². The molecule has 1 aliphatic heterocycles. The first-order chi connectivity index (χ1) is 7.61. The second kappa shape index (κ2) is 4.34.